The number of hydrogen-bond acceptors (Lipinski definition) is 4. The van der Waals surface area contributed by atoms with Crippen LogP contribution >= 0.6 is 15.9 Å². The van der Waals surface area contributed by atoms with Crippen molar-refractivity contribution in [3.8, 4) is 5.75 Å². The summed E-state index contributed by atoms with van der Waals surface area (Å²) in [6.07, 6.45) is 0. The molecule has 114 valence electrons. The lowest BCUT2D eigenvalue weighted by atomic mass is 10.2. The number of anilines is 1. The Labute approximate surface area is 135 Å². The van der Waals surface area contributed by atoms with E-state index in [1.807, 2.05) is 12.1 Å². The lowest BCUT2D eigenvalue weighted by Crippen LogP contribution is -2.20. The number of nitrogens with zero attached hydrogens (tertiary/aromatic N) is 1. The second kappa shape index (κ2) is 7.04. The summed E-state index contributed by atoms with van der Waals surface area (Å²) >= 11 is 3.33. The number of benzene rings is 2. The monoisotopic (exact) mass is 364 g/mol. The molecule has 7 heteroatoms. The molecule has 0 aliphatic carbocycles. The Hall–Kier alpha value is -2.41. The third-order valence-corrected chi connectivity index (χ3v) is 3.55. The Morgan fingerprint density at radius 1 is 1.32 bits per heavy atom. The van der Waals surface area contributed by atoms with E-state index in [4.69, 9.17) is 4.74 Å². The van der Waals surface area contributed by atoms with E-state index in [1.54, 1.807) is 19.1 Å². The molecule has 1 amide bonds. The normalized spacial score (nSPS) is 10.1. The van der Waals surface area contributed by atoms with Crippen LogP contribution in [-0.4, -0.2) is 17.4 Å². The standard InChI is InChI=1S/C15H13BrN2O4/c1-10-8-11(18(20)21)6-7-13(10)17-15(19)9-22-14-5-3-2-4-12(14)16/h2-8H,9H2,1H3,(H,17,19). The molecule has 0 saturated carbocycles. The van der Waals surface area contributed by atoms with Crippen LogP contribution < -0.4 is 10.1 Å². The van der Waals surface area contributed by atoms with E-state index >= 15 is 0 Å². The summed E-state index contributed by atoms with van der Waals surface area (Å²) in [4.78, 5) is 22.1. The first kappa shape index (κ1) is 16.0. The van der Waals surface area contributed by atoms with Crippen molar-refractivity contribution in [2.45, 2.75) is 6.92 Å². The number of nitro groups is 1. The van der Waals surface area contributed by atoms with Crippen molar-refractivity contribution in [1.82, 2.24) is 0 Å². The molecule has 0 fully saturated rings. The first-order valence-corrected chi connectivity index (χ1v) is 7.19. The molecular formula is C15H13BrN2O4. The topological polar surface area (TPSA) is 81.5 Å². The predicted octanol–water partition coefficient (Wildman–Crippen LogP) is 3.68. The quantitative estimate of drug-likeness (QED) is 0.647. The first-order valence-electron chi connectivity index (χ1n) is 6.39. The van der Waals surface area contributed by atoms with Gasteiger partial charge in [0.1, 0.15) is 5.75 Å². The number of non-ortho nitro benzene ring substituents is 1. The van der Waals surface area contributed by atoms with E-state index in [0.717, 1.165) is 4.47 Å². The van der Waals surface area contributed by atoms with E-state index in [2.05, 4.69) is 21.2 Å². The number of nitro benzene ring substituents is 1. The van der Waals surface area contributed by atoms with Crippen molar-refractivity contribution in [2.75, 3.05) is 11.9 Å². The van der Waals surface area contributed by atoms with Crippen LogP contribution in [0.1, 0.15) is 5.56 Å². The van der Waals surface area contributed by atoms with E-state index in [1.165, 1.54) is 18.2 Å². The van der Waals surface area contributed by atoms with E-state index in [-0.39, 0.29) is 18.2 Å². The molecule has 0 aromatic heterocycles. The van der Waals surface area contributed by atoms with Crippen molar-refractivity contribution in [3.63, 3.8) is 0 Å². The summed E-state index contributed by atoms with van der Waals surface area (Å²) in [6.45, 7) is 1.54. The largest absolute Gasteiger partial charge is 0.483 e. The molecule has 6 nitrogen and oxygen atoms in total. The summed E-state index contributed by atoms with van der Waals surface area (Å²) in [5, 5.41) is 13.3. The summed E-state index contributed by atoms with van der Waals surface area (Å²) < 4.78 is 6.16. The zero-order valence-corrected chi connectivity index (χ0v) is 13.3. The molecule has 0 atom stereocenters. The van der Waals surface area contributed by atoms with E-state index in [0.29, 0.717) is 17.0 Å². The number of amides is 1. The van der Waals surface area contributed by atoms with Crippen LogP contribution in [0.15, 0.2) is 46.9 Å². The summed E-state index contributed by atoms with van der Waals surface area (Å²) in [7, 11) is 0. The zero-order valence-electron chi connectivity index (χ0n) is 11.7. The Bertz CT molecular complexity index is 718. The van der Waals surface area contributed by atoms with Gasteiger partial charge in [0, 0.05) is 17.8 Å². The lowest BCUT2D eigenvalue weighted by Gasteiger charge is -2.10. The predicted molar refractivity (Wildman–Crippen MR) is 86.1 cm³/mol. The number of ether oxygens (including phenoxy) is 1. The zero-order chi connectivity index (χ0) is 16.1. The van der Waals surface area contributed by atoms with Gasteiger partial charge in [0.25, 0.3) is 11.6 Å². The van der Waals surface area contributed by atoms with Gasteiger partial charge >= 0.3 is 0 Å². The first-order chi connectivity index (χ1) is 10.5. The average molecular weight is 365 g/mol. The molecule has 2 aromatic carbocycles. The van der Waals surface area contributed by atoms with Gasteiger partial charge in [-0.2, -0.15) is 0 Å². The number of carbonyl (C=O) groups is 1. The van der Waals surface area contributed by atoms with Crippen LogP contribution in [0.3, 0.4) is 0 Å². The molecule has 0 radical (unpaired) electrons. The number of nitrogens with one attached hydrogen (secondary N) is 1. The number of halogens is 1. The van der Waals surface area contributed by atoms with Crippen LogP contribution in [0.25, 0.3) is 0 Å². The van der Waals surface area contributed by atoms with Gasteiger partial charge in [-0.1, -0.05) is 12.1 Å². The minimum Gasteiger partial charge on any atom is -0.483 e. The highest BCUT2D eigenvalue weighted by atomic mass is 79.9. The SMILES string of the molecule is Cc1cc([N+](=O)[O-])ccc1NC(=O)COc1ccccc1Br. The van der Waals surface area contributed by atoms with Crippen LogP contribution in [0.4, 0.5) is 11.4 Å². The van der Waals surface area contributed by atoms with Crippen LogP contribution in [0.5, 0.6) is 5.75 Å². The molecule has 2 aromatic rings. The summed E-state index contributed by atoms with van der Waals surface area (Å²) in [5.41, 5.74) is 1.12. The van der Waals surface area contributed by atoms with Crippen LogP contribution in [0, 0.1) is 17.0 Å². The fourth-order valence-corrected chi connectivity index (χ4v) is 2.19. The molecule has 0 bridgehead atoms. The molecule has 2 rings (SSSR count). The molecule has 0 saturated heterocycles. The highest BCUT2D eigenvalue weighted by molar-refractivity contribution is 9.10. The van der Waals surface area contributed by atoms with Crippen LogP contribution in [-0.2, 0) is 4.79 Å². The number of hydrogen-bond donors (Lipinski definition) is 1. The molecule has 0 heterocycles. The Balaban J connectivity index is 1.98. The van der Waals surface area contributed by atoms with Gasteiger partial charge in [-0.3, -0.25) is 14.9 Å². The molecule has 22 heavy (non-hydrogen) atoms. The number of rotatable bonds is 5. The Kier molecular flexibility index (Phi) is 5.11. The second-order valence-electron chi connectivity index (χ2n) is 4.52. The fraction of sp³-hybridized carbons (Fsp3) is 0.133. The number of para-hydroxylation sites is 1. The minimum atomic E-state index is -0.478. The van der Waals surface area contributed by atoms with Crippen molar-refractivity contribution >= 4 is 33.2 Å². The van der Waals surface area contributed by atoms with E-state index in [9.17, 15) is 14.9 Å². The van der Waals surface area contributed by atoms with Crippen LogP contribution in [0.2, 0.25) is 0 Å². The maximum Gasteiger partial charge on any atom is 0.269 e. The molecule has 0 aliphatic heterocycles. The third-order valence-electron chi connectivity index (χ3n) is 2.89. The van der Waals surface area contributed by atoms with Crippen molar-refractivity contribution < 1.29 is 14.5 Å². The van der Waals surface area contributed by atoms with Gasteiger partial charge in [-0.05, 0) is 46.6 Å². The van der Waals surface area contributed by atoms with Gasteiger partial charge in [0.2, 0.25) is 0 Å². The number of aryl methyl sites for hydroxylation is 1. The van der Waals surface area contributed by atoms with Crippen molar-refractivity contribution in [1.29, 1.82) is 0 Å². The molecule has 0 unspecified atom stereocenters. The van der Waals surface area contributed by atoms with Gasteiger partial charge in [-0.15, -0.1) is 0 Å². The molecule has 1 N–H and O–H groups in total. The summed E-state index contributed by atoms with van der Waals surface area (Å²) in [6, 6.07) is 11.5. The second-order valence-corrected chi connectivity index (χ2v) is 5.38. The third kappa shape index (κ3) is 4.05. The Morgan fingerprint density at radius 3 is 2.68 bits per heavy atom. The number of carbonyl (C=O) groups excluding carboxylic acids is 1. The molecule has 0 aliphatic rings. The lowest BCUT2D eigenvalue weighted by molar-refractivity contribution is -0.384. The van der Waals surface area contributed by atoms with Crippen molar-refractivity contribution in [2.24, 2.45) is 0 Å². The van der Waals surface area contributed by atoms with Gasteiger partial charge in [-0.25, -0.2) is 0 Å². The van der Waals surface area contributed by atoms with E-state index < -0.39 is 4.92 Å². The van der Waals surface area contributed by atoms with Crippen molar-refractivity contribution in [3.05, 3.63) is 62.6 Å². The highest BCUT2D eigenvalue weighted by Gasteiger charge is 2.11. The van der Waals surface area contributed by atoms with Gasteiger partial charge < -0.3 is 10.1 Å². The van der Waals surface area contributed by atoms with Gasteiger partial charge in [0.15, 0.2) is 6.61 Å². The average Bonchev–Trinajstić information content (AvgIpc) is 2.48. The Morgan fingerprint density at radius 2 is 2.05 bits per heavy atom. The molecule has 0 spiro atoms. The maximum atomic E-state index is 11.9. The maximum absolute atomic E-state index is 11.9. The fourth-order valence-electron chi connectivity index (χ4n) is 1.79. The minimum absolute atomic E-state index is 0.0139. The molecular weight excluding hydrogens is 352 g/mol. The smallest absolute Gasteiger partial charge is 0.269 e. The van der Waals surface area contributed by atoms with Gasteiger partial charge in [0.05, 0.1) is 9.40 Å². The summed E-state index contributed by atoms with van der Waals surface area (Å²) in [5.74, 6) is 0.228. The highest BCUT2D eigenvalue weighted by Crippen LogP contribution is 2.24.